The fourth-order valence-electron chi connectivity index (χ4n) is 3.24. The molecule has 1 fully saturated rings. The maximum atomic E-state index is 13.0. The molecule has 1 aliphatic heterocycles. The number of rotatable bonds is 6. The van der Waals surface area contributed by atoms with E-state index in [1.807, 2.05) is 0 Å². The van der Waals surface area contributed by atoms with Gasteiger partial charge in [0.25, 0.3) is 0 Å². The summed E-state index contributed by atoms with van der Waals surface area (Å²) in [5.41, 5.74) is 1.93. The summed E-state index contributed by atoms with van der Waals surface area (Å²) < 4.78 is 13.0. The summed E-state index contributed by atoms with van der Waals surface area (Å²) in [6, 6.07) is 6.53. The minimum atomic E-state index is -0.539. The number of halogens is 1. The van der Waals surface area contributed by atoms with Crippen molar-refractivity contribution in [3.05, 3.63) is 51.7 Å². The minimum absolute atomic E-state index is 0.265. The van der Waals surface area contributed by atoms with E-state index in [0.717, 1.165) is 43.6 Å². The van der Waals surface area contributed by atoms with Crippen LogP contribution in [-0.4, -0.2) is 27.6 Å². The van der Waals surface area contributed by atoms with Crippen molar-refractivity contribution in [2.24, 2.45) is 0 Å². The van der Waals surface area contributed by atoms with Crippen molar-refractivity contribution < 1.29 is 9.50 Å². The molecule has 2 atom stereocenters. The summed E-state index contributed by atoms with van der Waals surface area (Å²) in [7, 11) is 0. The molecule has 2 heterocycles. The molecule has 5 heteroatoms. The van der Waals surface area contributed by atoms with Crippen molar-refractivity contribution in [3.8, 4) is 0 Å². The first-order valence-corrected chi connectivity index (χ1v) is 9.14. The van der Waals surface area contributed by atoms with E-state index >= 15 is 0 Å². The second-order valence-electron chi connectivity index (χ2n) is 6.16. The van der Waals surface area contributed by atoms with Gasteiger partial charge in [-0.05, 0) is 49.9 Å². The SMILES string of the molecule is CCc1nc(CN2CCCC2CC(O)c2ccc(F)cc2)cs1. The molecule has 0 amide bonds. The van der Waals surface area contributed by atoms with Crippen molar-refractivity contribution in [1.29, 1.82) is 0 Å². The first kappa shape index (κ1) is 16.6. The first-order chi connectivity index (χ1) is 11.2. The lowest BCUT2D eigenvalue weighted by Crippen LogP contribution is -2.30. The molecule has 1 aliphatic rings. The Morgan fingerprint density at radius 3 is 2.87 bits per heavy atom. The molecule has 3 nitrogen and oxygen atoms in total. The van der Waals surface area contributed by atoms with Gasteiger partial charge in [0, 0.05) is 18.0 Å². The van der Waals surface area contributed by atoms with E-state index in [4.69, 9.17) is 0 Å². The number of likely N-dealkylation sites (tertiary alicyclic amines) is 1. The van der Waals surface area contributed by atoms with Gasteiger partial charge in [-0.2, -0.15) is 0 Å². The standard InChI is InChI=1S/C18H23FN2OS/c1-2-18-20-15(12-23-18)11-21-9-3-4-16(21)10-17(22)13-5-7-14(19)8-6-13/h5-8,12,16-17,22H,2-4,9-11H2,1H3. The fourth-order valence-corrected chi connectivity index (χ4v) is 3.98. The number of hydrogen-bond donors (Lipinski definition) is 1. The molecule has 124 valence electrons. The molecule has 2 aromatic rings. The van der Waals surface area contributed by atoms with E-state index in [1.165, 1.54) is 17.1 Å². The van der Waals surface area contributed by atoms with Gasteiger partial charge < -0.3 is 5.11 Å². The van der Waals surface area contributed by atoms with E-state index < -0.39 is 6.10 Å². The molecule has 0 saturated carbocycles. The van der Waals surface area contributed by atoms with E-state index in [1.54, 1.807) is 23.5 Å². The number of aromatic nitrogens is 1. The van der Waals surface area contributed by atoms with Crippen LogP contribution in [0.5, 0.6) is 0 Å². The lowest BCUT2D eigenvalue weighted by atomic mass is 10.0. The Bertz CT molecular complexity index is 628. The highest BCUT2D eigenvalue weighted by molar-refractivity contribution is 7.09. The number of nitrogens with zero attached hydrogens (tertiary/aromatic N) is 2. The van der Waals surface area contributed by atoms with Gasteiger partial charge in [0.15, 0.2) is 0 Å². The van der Waals surface area contributed by atoms with Crippen LogP contribution in [0, 0.1) is 5.82 Å². The monoisotopic (exact) mass is 334 g/mol. The molecule has 0 aliphatic carbocycles. The lowest BCUT2D eigenvalue weighted by molar-refractivity contribution is 0.117. The Balaban J connectivity index is 1.61. The number of benzene rings is 1. The van der Waals surface area contributed by atoms with Gasteiger partial charge in [0.1, 0.15) is 5.82 Å². The molecule has 1 saturated heterocycles. The maximum absolute atomic E-state index is 13.0. The summed E-state index contributed by atoms with van der Waals surface area (Å²) in [6.45, 7) is 4.04. The van der Waals surface area contributed by atoms with Crippen molar-refractivity contribution in [3.63, 3.8) is 0 Å². The minimum Gasteiger partial charge on any atom is -0.388 e. The van der Waals surface area contributed by atoms with Crippen LogP contribution in [0.15, 0.2) is 29.6 Å². The van der Waals surface area contributed by atoms with Gasteiger partial charge in [-0.25, -0.2) is 9.37 Å². The quantitative estimate of drug-likeness (QED) is 0.869. The molecule has 2 unspecified atom stereocenters. The number of aryl methyl sites for hydroxylation is 1. The summed E-state index contributed by atoms with van der Waals surface area (Å²) in [5.74, 6) is -0.265. The zero-order valence-electron chi connectivity index (χ0n) is 13.4. The topological polar surface area (TPSA) is 36.4 Å². The third-order valence-electron chi connectivity index (χ3n) is 4.52. The summed E-state index contributed by atoms with van der Waals surface area (Å²) in [6.07, 6.45) is 3.39. The molecule has 1 aromatic carbocycles. The molecule has 0 bridgehead atoms. The van der Waals surface area contributed by atoms with Crippen LogP contribution in [0.3, 0.4) is 0 Å². The van der Waals surface area contributed by atoms with Crippen LogP contribution in [-0.2, 0) is 13.0 Å². The molecule has 3 rings (SSSR count). The average Bonchev–Trinajstić information content (AvgIpc) is 3.18. The van der Waals surface area contributed by atoms with Crippen LogP contribution in [0.4, 0.5) is 4.39 Å². The molecular weight excluding hydrogens is 311 g/mol. The van der Waals surface area contributed by atoms with E-state index in [0.29, 0.717) is 12.5 Å². The highest BCUT2D eigenvalue weighted by Crippen LogP contribution is 2.29. The second-order valence-corrected chi connectivity index (χ2v) is 7.10. The largest absolute Gasteiger partial charge is 0.388 e. The lowest BCUT2D eigenvalue weighted by Gasteiger charge is -2.26. The molecule has 1 N–H and O–H groups in total. The number of aliphatic hydroxyl groups excluding tert-OH is 1. The molecular formula is C18H23FN2OS. The Morgan fingerprint density at radius 2 is 2.17 bits per heavy atom. The van der Waals surface area contributed by atoms with Crippen molar-refractivity contribution in [2.45, 2.75) is 51.3 Å². The molecule has 1 aromatic heterocycles. The second kappa shape index (κ2) is 7.51. The van der Waals surface area contributed by atoms with Crippen molar-refractivity contribution >= 4 is 11.3 Å². The zero-order valence-corrected chi connectivity index (χ0v) is 14.2. The third-order valence-corrected chi connectivity index (χ3v) is 5.56. The van der Waals surface area contributed by atoms with Gasteiger partial charge >= 0.3 is 0 Å². The predicted octanol–water partition coefficient (Wildman–Crippen LogP) is 3.93. The van der Waals surface area contributed by atoms with Crippen LogP contribution >= 0.6 is 11.3 Å². The Morgan fingerprint density at radius 1 is 1.39 bits per heavy atom. The van der Waals surface area contributed by atoms with Crippen molar-refractivity contribution in [1.82, 2.24) is 9.88 Å². The Labute approximate surface area is 140 Å². The Hall–Kier alpha value is -1.30. The van der Waals surface area contributed by atoms with Crippen LogP contribution in [0.25, 0.3) is 0 Å². The smallest absolute Gasteiger partial charge is 0.123 e. The molecule has 23 heavy (non-hydrogen) atoms. The first-order valence-electron chi connectivity index (χ1n) is 8.26. The van der Waals surface area contributed by atoms with Crippen LogP contribution in [0.2, 0.25) is 0 Å². The number of hydrogen-bond acceptors (Lipinski definition) is 4. The predicted molar refractivity (Wildman–Crippen MR) is 90.9 cm³/mol. The molecule has 0 spiro atoms. The summed E-state index contributed by atoms with van der Waals surface area (Å²) in [4.78, 5) is 7.06. The van der Waals surface area contributed by atoms with Gasteiger partial charge in [0.05, 0.1) is 16.8 Å². The highest BCUT2D eigenvalue weighted by atomic mass is 32.1. The summed E-state index contributed by atoms with van der Waals surface area (Å²) >= 11 is 1.72. The highest BCUT2D eigenvalue weighted by Gasteiger charge is 2.27. The summed E-state index contributed by atoms with van der Waals surface area (Å²) in [5, 5.41) is 13.8. The van der Waals surface area contributed by atoms with Gasteiger partial charge in [-0.3, -0.25) is 4.90 Å². The van der Waals surface area contributed by atoms with Gasteiger partial charge in [-0.15, -0.1) is 11.3 Å². The van der Waals surface area contributed by atoms with Crippen LogP contribution in [0.1, 0.15) is 48.6 Å². The zero-order chi connectivity index (χ0) is 16.2. The number of aliphatic hydroxyl groups is 1. The van der Waals surface area contributed by atoms with E-state index in [-0.39, 0.29) is 5.82 Å². The van der Waals surface area contributed by atoms with Gasteiger partial charge in [-0.1, -0.05) is 19.1 Å². The van der Waals surface area contributed by atoms with E-state index in [2.05, 4.69) is 22.2 Å². The number of thiazole rings is 1. The van der Waals surface area contributed by atoms with Crippen LogP contribution < -0.4 is 0 Å². The fraction of sp³-hybridized carbons (Fsp3) is 0.500. The Kier molecular flexibility index (Phi) is 5.41. The van der Waals surface area contributed by atoms with Gasteiger partial charge in [0.2, 0.25) is 0 Å². The normalized spacial score (nSPS) is 20.0. The van der Waals surface area contributed by atoms with Crippen molar-refractivity contribution in [2.75, 3.05) is 6.54 Å². The maximum Gasteiger partial charge on any atom is 0.123 e. The average molecular weight is 334 g/mol. The van der Waals surface area contributed by atoms with E-state index in [9.17, 15) is 9.50 Å². The third kappa shape index (κ3) is 4.16. The molecule has 0 radical (unpaired) electrons.